The maximum absolute atomic E-state index is 11.6. The summed E-state index contributed by atoms with van der Waals surface area (Å²) >= 11 is 0. The largest absolute Gasteiger partial charge is 0.486 e. The second-order valence-corrected chi connectivity index (χ2v) is 4.60. The number of hydrogen-bond donors (Lipinski definition) is 0. The van der Waals surface area contributed by atoms with Crippen molar-refractivity contribution in [3.05, 3.63) is 29.8 Å². The molecule has 0 aliphatic heterocycles. The molecule has 0 radical (unpaired) electrons. The monoisotopic (exact) mass is 217 g/mol. The Morgan fingerprint density at radius 1 is 1.31 bits per heavy atom. The van der Waals surface area contributed by atoms with Crippen molar-refractivity contribution in [2.45, 2.75) is 20.8 Å². The van der Waals surface area contributed by atoms with E-state index in [0.29, 0.717) is 11.3 Å². The van der Waals surface area contributed by atoms with Crippen LogP contribution >= 0.6 is 0 Å². The van der Waals surface area contributed by atoms with Crippen molar-refractivity contribution < 1.29 is 9.53 Å². The second kappa shape index (κ2) is 4.80. The van der Waals surface area contributed by atoms with Gasteiger partial charge in [-0.05, 0) is 24.3 Å². The van der Waals surface area contributed by atoms with E-state index in [1.807, 2.05) is 26.8 Å². The summed E-state index contributed by atoms with van der Waals surface area (Å²) in [6, 6.07) is 8.73. The smallest absolute Gasteiger partial charge is 0.175 e. The number of rotatable bonds is 3. The topological polar surface area (TPSA) is 50.1 Å². The molecule has 0 aliphatic carbocycles. The highest BCUT2D eigenvalue weighted by Gasteiger charge is 2.21. The van der Waals surface area contributed by atoms with Crippen LogP contribution in [0.2, 0.25) is 0 Å². The Bertz CT molecular complexity index is 407. The third kappa shape index (κ3) is 3.39. The molecule has 0 saturated carbocycles. The number of nitriles is 1. The van der Waals surface area contributed by atoms with Crippen LogP contribution in [0.4, 0.5) is 0 Å². The van der Waals surface area contributed by atoms with Crippen LogP contribution in [0.1, 0.15) is 26.3 Å². The quantitative estimate of drug-likeness (QED) is 0.781. The Labute approximate surface area is 95.7 Å². The van der Waals surface area contributed by atoms with Crippen LogP contribution in [-0.2, 0) is 4.79 Å². The van der Waals surface area contributed by atoms with Crippen LogP contribution in [0.3, 0.4) is 0 Å². The number of benzene rings is 1. The average Bonchev–Trinajstić information content (AvgIpc) is 2.25. The van der Waals surface area contributed by atoms with Gasteiger partial charge in [0.05, 0.1) is 11.6 Å². The molecule has 1 rings (SSSR count). The fraction of sp³-hybridized carbons (Fsp3) is 0.385. The number of ether oxygens (including phenoxy) is 1. The number of ketones is 1. The molecule has 0 bridgehead atoms. The van der Waals surface area contributed by atoms with Crippen LogP contribution in [0.25, 0.3) is 0 Å². The lowest BCUT2D eigenvalue weighted by Gasteiger charge is -2.16. The molecule has 0 spiro atoms. The predicted octanol–water partition coefficient (Wildman–Crippen LogP) is 2.55. The third-order valence-electron chi connectivity index (χ3n) is 2.19. The summed E-state index contributed by atoms with van der Waals surface area (Å²) in [5, 5.41) is 8.61. The highest BCUT2D eigenvalue weighted by atomic mass is 16.5. The first-order valence-electron chi connectivity index (χ1n) is 5.10. The Morgan fingerprint density at radius 2 is 1.88 bits per heavy atom. The highest BCUT2D eigenvalue weighted by molar-refractivity contribution is 5.85. The van der Waals surface area contributed by atoms with Crippen LogP contribution in [0.5, 0.6) is 5.75 Å². The van der Waals surface area contributed by atoms with Gasteiger partial charge in [0.1, 0.15) is 12.4 Å². The summed E-state index contributed by atoms with van der Waals surface area (Å²) in [6.07, 6.45) is 0. The number of carbonyl (C=O) groups excluding carboxylic acids is 1. The molecule has 16 heavy (non-hydrogen) atoms. The number of carbonyl (C=O) groups is 1. The van der Waals surface area contributed by atoms with E-state index in [0.717, 1.165) is 0 Å². The van der Waals surface area contributed by atoms with Crippen LogP contribution in [0.15, 0.2) is 24.3 Å². The van der Waals surface area contributed by atoms with Crippen molar-refractivity contribution in [2.24, 2.45) is 5.41 Å². The van der Waals surface area contributed by atoms with Gasteiger partial charge in [-0.1, -0.05) is 20.8 Å². The van der Waals surface area contributed by atoms with Crippen molar-refractivity contribution in [2.75, 3.05) is 6.61 Å². The summed E-state index contributed by atoms with van der Waals surface area (Å²) in [7, 11) is 0. The van der Waals surface area contributed by atoms with Gasteiger partial charge in [-0.25, -0.2) is 0 Å². The van der Waals surface area contributed by atoms with Crippen molar-refractivity contribution in [3.8, 4) is 11.8 Å². The summed E-state index contributed by atoms with van der Waals surface area (Å²) in [5.41, 5.74) is 0.196. The highest BCUT2D eigenvalue weighted by Crippen LogP contribution is 2.16. The van der Waals surface area contributed by atoms with E-state index >= 15 is 0 Å². The lowest BCUT2D eigenvalue weighted by Crippen LogP contribution is -2.26. The van der Waals surface area contributed by atoms with E-state index in [4.69, 9.17) is 10.00 Å². The van der Waals surface area contributed by atoms with Gasteiger partial charge in [-0.3, -0.25) is 4.79 Å². The van der Waals surface area contributed by atoms with E-state index in [2.05, 4.69) is 0 Å². The lowest BCUT2D eigenvalue weighted by atomic mass is 9.91. The Hall–Kier alpha value is -1.82. The summed E-state index contributed by atoms with van der Waals surface area (Å²) < 4.78 is 5.33. The average molecular weight is 217 g/mol. The summed E-state index contributed by atoms with van der Waals surface area (Å²) in [5.74, 6) is 0.661. The zero-order valence-corrected chi connectivity index (χ0v) is 9.78. The zero-order valence-electron chi connectivity index (χ0n) is 9.78. The first-order valence-corrected chi connectivity index (χ1v) is 5.10. The molecule has 0 amide bonds. The number of nitrogens with zero attached hydrogens (tertiary/aromatic N) is 1. The fourth-order valence-electron chi connectivity index (χ4n) is 0.991. The summed E-state index contributed by atoms with van der Waals surface area (Å²) in [6.45, 7) is 5.64. The van der Waals surface area contributed by atoms with Crippen molar-refractivity contribution in [3.63, 3.8) is 0 Å². The van der Waals surface area contributed by atoms with Crippen LogP contribution in [0, 0.1) is 16.7 Å². The minimum atomic E-state index is -0.382. The summed E-state index contributed by atoms with van der Waals surface area (Å²) in [4.78, 5) is 11.6. The van der Waals surface area contributed by atoms with Gasteiger partial charge in [0.2, 0.25) is 0 Å². The molecule has 0 fully saturated rings. The molecule has 0 aliphatic rings. The van der Waals surface area contributed by atoms with Crippen LogP contribution < -0.4 is 4.74 Å². The van der Waals surface area contributed by atoms with Crippen molar-refractivity contribution in [1.82, 2.24) is 0 Å². The third-order valence-corrected chi connectivity index (χ3v) is 2.19. The van der Waals surface area contributed by atoms with Gasteiger partial charge in [0, 0.05) is 5.41 Å². The molecular weight excluding hydrogens is 202 g/mol. The predicted molar refractivity (Wildman–Crippen MR) is 61.1 cm³/mol. The van der Waals surface area contributed by atoms with Crippen molar-refractivity contribution in [1.29, 1.82) is 5.26 Å². The molecule has 3 heteroatoms. The molecule has 0 unspecified atom stereocenters. The normalized spacial score (nSPS) is 10.6. The van der Waals surface area contributed by atoms with Gasteiger partial charge in [-0.2, -0.15) is 5.26 Å². The Morgan fingerprint density at radius 3 is 2.31 bits per heavy atom. The van der Waals surface area contributed by atoms with E-state index in [9.17, 15) is 4.79 Å². The molecule has 0 aromatic heterocycles. The zero-order chi connectivity index (χ0) is 12.2. The fourth-order valence-corrected chi connectivity index (χ4v) is 0.991. The molecular formula is C13H15NO2. The second-order valence-electron chi connectivity index (χ2n) is 4.60. The maximum Gasteiger partial charge on any atom is 0.175 e. The maximum atomic E-state index is 11.6. The molecule has 3 nitrogen and oxygen atoms in total. The Kier molecular flexibility index (Phi) is 3.68. The molecule has 1 aromatic carbocycles. The van der Waals surface area contributed by atoms with Gasteiger partial charge >= 0.3 is 0 Å². The molecule has 0 atom stereocenters. The van der Waals surface area contributed by atoms with E-state index in [1.54, 1.807) is 24.3 Å². The molecule has 1 aromatic rings. The number of Topliss-reactive ketones (excluding diaryl/α,β-unsaturated/α-hetero) is 1. The van der Waals surface area contributed by atoms with Gasteiger partial charge in [0.25, 0.3) is 0 Å². The van der Waals surface area contributed by atoms with Crippen molar-refractivity contribution >= 4 is 5.78 Å². The van der Waals surface area contributed by atoms with Crippen LogP contribution in [-0.4, -0.2) is 12.4 Å². The Balaban J connectivity index is 2.56. The molecule has 0 heterocycles. The minimum Gasteiger partial charge on any atom is -0.486 e. The van der Waals surface area contributed by atoms with E-state index in [1.165, 1.54) is 0 Å². The standard InChI is InChI=1S/C13H15NO2/c1-13(2,3)12(15)9-16-11-6-4-10(8-14)5-7-11/h4-7H,9H2,1-3H3. The molecule has 84 valence electrons. The lowest BCUT2D eigenvalue weighted by molar-refractivity contribution is -0.128. The minimum absolute atomic E-state index is 0.0526. The van der Waals surface area contributed by atoms with Gasteiger partial charge in [0.15, 0.2) is 5.78 Å². The van der Waals surface area contributed by atoms with E-state index in [-0.39, 0.29) is 17.8 Å². The molecule has 0 saturated heterocycles. The first-order chi connectivity index (χ1) is 7.43. The van der Waals surface area contributed by atoms with Gasteiger partial charge in [-0.15, -0.1) is 0 Å². The molecule has 0 N–H and O–H groups in total. The van der Waals surface area contributed by atoms with E-state index < -0.39 is 0 Å². The number of hydrogen-bond acceptors (Lipinski definition) is 3. The SMILES string of the molecule is CC(C)(C)C(=O)COc1ccc(C#N)cc1. The first kappa shape index (κ1) is 12.3. The van der Waals surface area contributed by atoms with Gasteiger partial charge < -0.3 is 4.74 Å².